The van der Waals surface area contributed by atoms with Gasteiger partial charge in [0.25, 0.3) is 0 Å². The molecule has 0 spiro atoms. The van der Waals surface area contributed by atoms with Crippen molar-refractivity contribution in [2.24, 2.45) is 28.6 Å². The molecule has 0 bridgehead atoms. The quantitative estimate of drug-likeness (QED) is 0.433. The second-order valence-electron chi connectivity index (χ2n) is 10.1. The Hall–Kier alpha value is -1.46. The zero-order valence-electron chi connectivity index (χ0n) is 16.5. The lowest BCUT2D eigenvalue weighted by Crippen LogP contribution is -2.64. The summed E-state index contributed by atoms with van der Waals surface area (Å²) < 4.78 is 5.18. The Bertz CT molecular complexity index is 784. The minimum Gasteiger partial charge on any atom is -0.458 e. The molecule has 0 aromatic rings. The molecule has 2 N–H and O–H groups in total. The van der Waals surface area contributed by atoms with E-state index in [1.807, 2.05) is 0 Å². The van der Waals surface area contributed by atoms with Crippen molar-refractivity contribution in [1.82, 2.24) is 0 Å². The van der Waals surface area contributed by atoms with Crippen molar-refractivity contribution in [3.8, 4) is 0 Å². The van der Waals surface area contributed by atoms with E-state index in [1.54, 1.807) is 6.08 Å². The number of aldehydes is 1. The third-order valence-corrected chi connectivity index (χ3v) is 9.07. The minimum absolute atomic E-state index is 0.00862. The molecule has 5 rings (SSSR count). The van der Waals surface area contributed by atoms with Gasteiger partial charge in [-0.05, 0) is 73.7 Å². The molecule has 3 fully saturated rings. The van der Waals surface area contributed by atoms with Crippen LogP contribution in [-0.2, 0) is 14.3 Å². The third kappa shape index (κ3) is 2.26. The molecule has 0 unspecified atom stereocenters. The van der Waals surface area contributed by atoms with Crippen LogP contribution in [0.2, 0.25) is 0 Å². The first-order valence-corrected chi connectivity index (χ1v) is 10.8. The summed E-state index contributed by atoms with van der Waals surface area (Å²) >= 11 is 0. The number of rotatable bonds is 2. The van der Waals surface area contributed by atoms with Crippen molar-refractivity contribution in [3.63, 3.8) is 0 Å². The first kappa shape index (κ1) is 18.6. The number of fused-ring (bicyclic) bond motifs is 5. The van der Waals surface area contributed by atoms with Crippen molar-refractivity contribution < 1.29 is 24.5 Å². The van der Waals surface area contributed by atoms with Gasteiger partial charge in [0.15, 0.2) is 0 Å². The maximum atomic E-state index is 12.4. The second kappa shape index (κ2) is 6.02. The molecule has 5 heteroatoms. The summed E-state index contributed by atoms with van der Waals surface area (Å²) in [4.78, 5) is 24.0. The fourth-order valence-corrected chi connectivity index (χ4v) is 7.67. The number of esters is 1. The van der Waals surface area contributed by atoms with Crippen LogP contribution in [0, 0.1) is 28.6 Å². The molecule has 4 aliphatic carbocycles. The van der Waals surface area contributed by atoms with Gasteiger partial charge >= 0.3 is 5.97 Å². The summed E-state index contributed by atoms with van der Waals surface area (Å²) in [6.45, 7) is 2.72. The number of carbonyl (C=O) groups is 2. The van der Waals surface area contributed by atoms with Crippen LogP contribution in [0.5, 0.6) is 0 Å². The number of allylic oxidation sites excluding steroid dienone is 2. The van der Waals surface area contributed by atoms with Gasteiger partial charge in [-0.3, -0.25) is 0 Å². The molecule has 5 aliphatic rings. The number of hydrogen-bond donors (Lipinski definition) is 2. The smallest absolute Gasteiger partial charge is 0.331 e. The van der Waals surface area contributed by atoms with E-state index in [0.717, 1.165) is 37.5 Å². The van der Waals surface area contributed by atoms with Gasteiger partial charge in [0.05, 0.1) is 17.1 Å². The van der Waals surface area contributed by atoms with E-state index >= 15 is 0 Å². The highest BCUT2D eigenvalue weighted by Crippen LogP contribution is 2.67. The summed E-state index contributed by atoms with van der Waals surface area (Å²) in [5.74, 6) is 0.521. The Morgan fingerprint density at radius 2 is 2.04 bits per heavy atom. The molecule has 0 amide bonds. The van der Waals surface area contributed by atoms with Crippen LogP contribution in [0.1, 0.15) is 58.3 Å². The summed E-state index contributed by atoms with van der Waals surface area (Å²) in [6.07, 6.45) is 10.3. The number of cyclic esters (lactones) is 1. The maximum absolute atomic E-state index is 12.4. The Morgan fingerprint density at radius 3 is 2.75 bits per heavy atom. The van der Waals surface area contributed by atoms with Crippen LogP contribution in [0.3, 0.4) is 0 Å². The maximum Gasteiger partial charge on any atom is 0.331 e. The van der Waals surface area contributed by atoms with Crippen LogP contribution in [0.4, 0.5) is 0 Å². The van der Waals surface area contributed by atoms with Crippen LogP contribution >= 0.6 is 0 Å². The highest BCUT2D eigenvalue weighted by molar-refractivity contribution is 5.85. The normalized spacial score (nSPS) is 50.0. The Kier molecular flexibility index (Phi) is 3.99. The molecule has 152 valence electrons. The van der Waals surface area contributed by atoms with E-state index in [1.165, 1.54) is 5.57 Å². The zero-order chi connectivity index (χ0) is 19.7. The molecule has 0 aromatic heterocycles. The lowest BCUT2D eigenvalue weighted by molar-refractivity contribution is -0.200. The number of aliphatic hydroxyl groups is 2. The molecular formula is C23H30O5. The molecule has 0 radical (unpaired) electrons. The number of hydrogen-bond acceptors (Lipinski definition) is 5. The van der Waals surface area contributed by atoms with Gasteiger partial charge in [0, 0.05) is 12.5 Å². The Labute approximate surface area is 165 Å². The average Bonchev–Trinajstić information content (AvgIpc) is 3.23. The second-order valence-corrected chi connectivity index (χ2v) is 10.1. The molecule has 1 aliphatic heterocycles. The van der Waals surface area contributed by atoms with Gasteiger partial charge in [-0.25, -0.2) is 4.79 Å². The fourth-order valence-electron chi connectivity index (χ4n) is 7.67. The Morgan fingerprint density at radius 1 is 1.21 bits per heavy atom. The zero-order valence-corrected chi connectivity index (χ0v) is 16.5. The molecule has 5 nitrogen and oxygen atoms in total. The topological polar surface area (TPSA) is 83.8 Å². The molecule has 7 atom stereocenters. The highest BCUT2D eigenvalue weighted by Gasteiger charge is 2.65. The summed E-state index contributed by atoms with van der Waals surface area (Å²) in [6, 6.07) is 0. The van der Waals surface area contributed by atoms with Crippen molar-refractivity contribution in [3.05, 3.63) is 23.3 Å². The minimum atomic E-state index is -1.08. The third-order valence-electron chi connectivity index (χ3n) is 9.07. The van der Waals surface area contributed by atoms with E-state index < -0.39 is 17.1 Å². The first-order chi connectivity index (χ1) is 13.3. The van der Waals surface area contributed by atoms with Crippen molar-refractivity contribution >= 4 is 12.3 Å². The lowest BCUT2D eigenvalue weighted by Gasteiger charge is -2.61. The molecule has 3 saturated carbocycles. The van der Waals surface area contributed by atoms with Gasteiger partial charge in [0.2, 0.25) is 0 Å². The van der Waals surface area contributed by atoms with Crippen molar-refractivity contribution in [2.75, 3.05) is 6.61 Å². The molecule has 1 heterocycles. The van der Waals surface area contributed by atoms with Gasteiger partial charge in [0.1, 0.15) is 12.9 Å². The van der Waals surface area contributed by atoms with Crippen LogP contribution in [0.25, 0.3) is 0 Å². The molecular weight excluding hydrogens is 356 g/mol. The van der Waals surface area contributed by atoms with Gasteiger partial charge < -0.3 is 19.7 Å². The molecule has 0 saturated heterocycles. The van der Waals surface area contributed by atoms with Crippen molar-refractivity contribution in [2.45, 2.75) is 70.0 Å². The van der Waals surface area contributed by atoms with E-state index in [2.05, 4.69) is 13.0 Å². The van der Waals surface area contributed by atoms with Gasteiger partial charge in [-0.1, -0.05) is 18.6 Å². The number of carbonyl (C=O) groups excluding carboxylic acids is 2. The molecule has 28 heavy (non-hydrogen) atoms. The van der Waals surface area contributed by atoms with Gasteiger partial charge in [-0.15, -0.1) is 0 Å². The predicted octanol–water partition coefficient (Wildman–Crippen LogP) is 2.70. The lowest BCUT2D eigenvalue weighted by atomic mass is 9.44. The number of ether oxygens (including phenoxy) is 1. The van der Waals surface area contributed by atoms with Crippen LogP contribution < -0.4 is 0 Å². The van der Waals surface area contributed by atoms with Crippen LogP contribution in [-0.4, -0.2) is 40.8 Å². The van der Waals surface area contributed by atoms with E-state index in [9.17, 15) is 19.8 Å². The fraction of sp³-hybridized carbons (Fsp3) is 0.739. The summed E-state index contributed by atoms with van der Waals surface area (Å²) in [7, 11) is 0. The standard InChI is InChI=1S/C23H30O5/c1-21-7-6-19-16(18(21)3-2-17(21)14-10-20(26)28-12-14)5-9-23(27)11-15(25)4-8-22(19,23)13-24/h3,10,13,15-17,19,25,27H,2,4-9,11-12H2,1H3/t15-,16+,17-,19-,21-,22+,23+/m1/s1. The average molecular weight is 386 g/mol. The SMILES string of the molecule is C[C@]12CC[C@@H]3[C@@H](CC[C@]4(O)C[C@H](O)CC[C@]34C=O)C1=CC[C@@H]2C1=CC(=O)OC1. The monoisotopic (exact) mass is 386 g/mol. The summed E-state index contributed by atoms with van der Waals surface area (Å²) in [5, 5.41) is 21.6. The largest absolute Gasteiger partial charge is 0.458 e. The van der Waals surface area contributed by atoms with Crippen molar-refractivity contribution in [1.29, 1.82) is 0 Å². The highest BCUT2D eigenvalue weighted by atomic mass is 16.5. The predicted molar refractivity (Wildman–Crippen MR) is 102 cm³/mol. The van der Waals surface area contributed by atoms with Crippen LogP contribution in [0.15, 0.2) is 23.3 Å². The first-order valence-electron chi connectivity index (χ1n) is 10.8. The van der Waals surface area contributed by atoms with E-state index in [4.69, 9.17) is 4.74 Å². The van der Waals surface area contributed by atoms with Gasteiger partial charge in [-0.2, -0.15) is 0 Å². The molecule has 0 aromatic carbocycles. The van der Waals surface area contributed by atoms with E-state index in [-0.39, 0.29) is 17.3 Å². The van der Waals surface area contributed by atoms with E-state index in [0.29, 0.717) is 44.1 Å². The Balaban J connectivity index is 1.48. The summed E-state index contributed by atoms with van der Waals surface area (Å²) in [5.41, 5.74) is 0.739. The number of aliphatic hydroxyl groups excluding tert-OH is 1.